The van der Waals surface area contributed by atoms with Crippen LogP contribution < -0.4 is 0 Å². The van der Waals surface area contributed by atoms with Crippen molar-refractivity contribution < 1.29 is 49.5 Å². The molecular formula is C12H19N3O10. The molecule has 0 unspecified atom stereocenters. The standard InChI is InChI=1S/C12H19N3O10/c16-8(17)5-13(3-4-15(11(22)23)12(24)25)1-2-14(6-9(18)19)7-10(20)21/h1-7H2,(H,16,17)(H,18,19)(H,20,21)(H,22,23)(H,24,25). The Morgan fingerprint density at radius 1 is 0.520 bits per heavy atom. The first-order valence-corrected chi connectivity index (χ1v) is 6.86. The zero-order chi connectivity index (χ0) is 19.6. The van der Waals surface area contributed by atoms with E-state index in [1.807, 2.05) is 0 Å². The zero-order valence-corrected chi connectivity index (χ0v) is 13.1. The second kappa shape index (κ2) is 10.8. The van der Waals surface area contributed by atoms with Crippen LogP contribution in [0.4, 0.5) is 9.59 Å². The van der Waals surface area contributed by atoms with Gasteiger partial charge in [-0.2, -0.15) is 0 Å². The fourth-order valence-electron chi connectivity index (χ4n) is 1.86. The molecule has 0 saturated heterocycles. The lowest BCUT2D eigenvalue weighted by atomic mass is 10.3. The van der Waals surface area contributed by atoms with Crippen molar-refractivity contribution in [1.29, 1.82) is 0 Å². The first-order valence-electron chi connectivity index (χ1n) is 6.86. The topological polar surface area (TPSA) is 196 Å². The SMILES string of the molecule is O=C(O)CN(CCN(CC(=O)O)CC(=O)O)CCN(C(=O)O)C(=O)O. The normalized spacial score (nSPS) is 10.6. The predicted octanol–water partition coefficient (Wildman–Crippen LogP) is -1.50. The van der Waals surface area contributed by atoms with Gasteiger partial charge in [0.15, 0.2) is 0 Å². The van der Waals surface area contributed by atoms with Gasteiger partial charge in [0.05, 0.1) is 19.6 Å². The first-order chi connectivity index (χ1) is 11.5. The third-order valence-corrected chi connectivity index (χ3v) is 2.91. The number of hydrogen-bond acceptors (Lipinski definition) is 7. The molecule has 0 aliphatic heterocycles. The van der Waals surface area contributed by atoms with Crippen molar-refractivity contribution in [3.8, 4) is 0 Å². The zero-order valence-electron chi connectivity index (χ0n) is 13.1. The Balaban J connectivity index is 4.81. The van der Waals surface area contributed by atoms with E-state index in [1.54, 1.807) is 0 Å². The maximum atomic E-state index is 10.8. The van der Waals surface area contributed by atoms with Crippen molar-refractivity contribution in [2.75, 3.05) is 45.8 Å². The van der Waals surface area contributed by atoms with Gasteiger partial charge in [0.1, 0.15) is 0 Å². The number of amides is 2. The maximum absolute atomic E-state index is 10.8. The minimum atomic E-state index is -1.72. The molecule has 0 aromatic heterocycles. The summed E-state index contributed by atoms with van der Waals surface area (Å²) >= 11 is 0. The summed E-state index contributed by atoms with van der Waals surface area (Å²) in [4.78, 5) is 56.0. The van der Waals surface area contributed by atoms with Crippen LogP contribution in [-0.4, -0.2) is 116 Å². The highest BCUT2D eigenvalue weighted by Crippen LogP contribution is 1.97. The van der Waals surface area contributed by atoms with E-state index in [9.17, 15) is 24.0 Å². The van der Waals surface area contributed by atoms with Gasteiger partial charge in [-0.25, -0.2) is 14.5 Å². The largest absolute Gasteiger partial charge is 0.480 e. The first kappa shape index (κ1) is 22.1. The molecule has 25 heavy (non-hydrogen) atoms. The van der Waals surface area contributed by atoms with Crippen LogP contribution in [0.2, 0.25) is 0 Å². The fourth-order valence-corrected chi connectivity index (χ4v) is 1.86. The lowest BCUT2D eigenvalue weighted by molar-refractivity contribution is -0.143. The Hall–Kier alpha value is -2.93. The Bertz CT molecular complexity index is 493. The average molecular weight is 365 g/mol. The molecule has 0 aromatic carbocycles. The van der Waals surface area contributed by atoms with E-state index in [2.05, 4.69) is 0 Å². The molecule has 13 heteroatoms. The Morgan fingerprint density at radius 3 is 1.20 bits per heavy atom. The molecular weight excluding hydrogens is 346 g/mol. The number of hydrogen-bond donors (Lipinski definition) is 5. The van der Waals surface area contributed by atoms with Crippen molar-refractivity contribution in [3.05, 3.63) is 0 Å². The molecule has 0 aromatic rings. The van der Waals surface area contributed by atoms with Crippen LogP contribution in [0.15, 0.2) is 0 Å². The van der Waals surface area contributed by atoms with Crippen LogP contribution in [0, 0.1) is 0 Å². The van der Waals surface area contributed by atoms with E-state index in [1.165, 1.54) is 4.90 Å². The Morgan fingerprint density at radius 2 is 0.840 bits per heavy atom. The number of carboxylic acids is 3. The number of carbonyl (C=O) groups is 5. The molecule has 0 bridgehead atoms. The highest BCUT2D eigenvalue weighted by molar-refractivity contribution is 5.85. The quantitative estimate of drug-likeness (QED) is 0.269. The summed E-state index contributed by atoms with van der Waals surface area (Å²) in [7, 11) is 0. The van der Waals surface area contributed by atoms with Crippen molar-refractivity contribution in [2.45, 2.75) is 0 Å². The molecule has 142 valence electrons. The molecule has 0 spiro atoms. The molecule has 0 atom stereocenters. The summed E-state index contributed by atoms with van der Waals surface area (Å²) in [5.41, 5.74) is 0. The van der Waals surface area contributed by atoms with E-state index in [0.717, 1.165) is 4.90 Å². The molecule has 5 N–H and O–H groups in total. The molecule has 0 fully saturated rings. The number of imide groups is 1. The fraction of sp³-hybridized carbons (Fsp3) is 0.583. The van der Waals surface area contributed by atoms with E-state index in [0.29, 0.717) is 0 Å². The highest BCUT2D eigenvalue weighted by atomic mass is 16.4. The lowest BCUT2D eigenvalue weighted by Gasteiger charge is -2.26. The third kappa shape index (κ3) is 10.5. The van der Waals surface area contributed by atoms with Gasteiger partial charge in [0, 0.05) is 26.2 Å². The number of carboxylic acid groups (broad SMARTS) is 5. The number of nitrogens with zero attached hydrogens (tertiary/aromatic N) is 3. The molecule has 0 rings (SSSR count). The van der Waals surface area contributed by atoms with E-state index in [-0.39, 0.29) is 24.5 Å². The average Bonchev–Trinajstić information content (AvgIpc) is 2.41. The summed E-state index contributed by atoms with van der Waals surface area (Å²) in [6.07, 6.45) is -3.44. The smallest absolute Gasteiger partial charge is 0.416 e. The van der Waals surface area contributed by atoms with Gasteiger partial charge < -0.3 is 25.5 Å². The molecule has 0 aliphatic rings. The maximum Gasteiger partial charge on any atom is 0.416 e. The molecule has 0 radical (unpaired) electrons. The van der Waals surface area contributed by atoms with E-state index in [4.69, 9.17) is 25.5 Å². The minimum absolute atomic E-state index is 0.0706. The predicted molar refractivity (Wildman–Crippen MR) is 78.5 cm³/mol. The summed E-state index contributed by atoms with van der Waals surface area (Å²) in [5.74, 6) is -3.80. The number of rotatable bonds is 12. The van der Waals surface area contributed by atoms with Gasteiger partial charge in [-0.15, -0.1) is 0 Å². The molecule has 0 saturated carbocycles. The third-order valence-electron chi connectivity index (χ3n) is 2.91. The van der Waals surface area contributed by atoms with Crippen molar-refractivity contribution in [2.24, 2.45) is 0 Å². The van der Waals surface area contributed by atoms with Crippen molar-refractivity contribution in [3.63, 3.8) is 0 Å². The van der Waals surface area contributed by atoms with Gasteiger partial charge in [-0.1, -0.05) is 0 Å². The molecule has 13 nitrogen and oxygen atoms in total. The van der Waals surface area contributed by atoms with Crippen LogP contribution in [0.25, 0.3) is 0 Å². The van der Waals surface area contributed by atoms with Crippen LogP contribution in [0.1, 0.15) is 0 Å². The van der Waals surface area contributed by atoms with E-state index < -0.39 is 56.3 Å². The Kier molecular flexibility index (Phi) is 9.51. The molecule has 0 aliphatic carbocycles. The molecule has 0 heterocycles. The van der Waals surface area contributed by atoms with Gasteiger partial charge in [-0.05, 0) is 0 Å². The van der Waals surface area contributed by atoms with Gasteiger partial charge in [0.25, 0.3) is 0 Å². The minimum Gasteiger partial charge on any atom is -0.480 e. The van der Waals surface area contributed by atoms with Gasteiger partial charge >= 0.3 is 30.1 Å². The van der Waals surface area contributed by atoms with E-state index >= 15 is 0 Å². The van der Waals surface area contributed by atoms with Crippen LogP contribution in [-0.2, 0) is 14.4 Å². The summed E-state index contributed by atoms with van der Waals surface area (Å²) in [6.45, 7) is -2.70. The van der Waals surface area contributed by atoms with Gasteiger partial charge in [0.2, 0.25) is 0 Å². The second-order valence-electron chi connectivity index (χ2n) is 4.88. The summed E-state index contributed by atoms with van der Waals surface area (Å²) < 4.78 is 0. The van der Waals surface area contributed by atoms with Crippen LogP contribution >= 0.6 is 0 Å². The monoisotopic (exact) mass is 365 g/mol. The van der Waals surface area contributed by atoms with Crippen LogP contribution in [0.5, 0.6) is 0 Å². The summed E-state index contributed by atoms with van der Waals surface area (Å²) in [6, 6.07) is 0. The second-order valence-corrected chi connectivity index (χ2v) is 4.88. The Labute approximate surface area is 141 Å². The van der Waals surface area contributed by atoms with Crippen molar-refractivity contribution >= 4 is 30.1 Å². The highest BCUT2D eigenvalue weighted by Gasteiger charge is 2.22. The lowest BCUT2D eigenvalue weighted by Crippen LogP contribution is -2.45. The molecule has 2 amide bonds. The van der Waals surface area contributed by atoms with Gasteiger partial charge in [-0.3, -0.25) is 24.2 Å². The number of aliphatic carboxylic acids is 3. The van der Waals surface area contributed by atoms with Crippen LogP contribution in [0.3, 0.4) is 0 Å². The summed E-state index contributed by atoms with van der Waals surface area (Å²) in [5, 5.41) is 43.7. The van der Waals surface area contributed by atoms with Crippen molar-refractivity contribution in [1.82, 2.24) is 14.7 Å².